The molecule has 1 spiro atoms. The van der Waals surface area contributed by atoms with Gasteiger partial charge in [0.15, 0.2) is 0 Å². The van der Waals surface area contributed by atoms with E-state index in [1.165, 1.54) is 94.2 Å². The number of benzene rings is 10. The van der Waals surface area contributed by atoms with Crippen LogP contribution in [0.15, 0.2) is 234 Å². The summed E-state index contributed by atoms with van der Waals surface area (Å²) in [5.74, 6) is 0.101. The van der Waals surface area contributed by atoms with E-state index in [2.05, 4.69) is 239 Å². The quantitative estimate of drug-likeness (QED) is 0.101. The molecule has 68 heavy (non-hydrogen) atoms. The van der Waals surface area contributed by atoms with Crippen LogP contribution in [0.1, 0.15) is 51.3 Å². The zero-order chi connectivity index (χ0) is 45.6. The molecule has 4 heteroatoms. The van der Waals surface area contributed by atoms with Crippen molar-refractivity contribution in [2.45, 2.75) is 24.2 Å². The molecule has 0 bridgehead atoms. The molecule has 10 aromatic rings. The van der Waals surface area contributed by atoms with E-state index in [4.69, 9.17) is 24.4 Å². The number of hydrogen-bond donors (Lipinski definition) is 0. The van der Waals surface area contributed by atoms with E-state index in [1.807, 2.05) is 6.07 Å². The van der Waals surface area contributed by atoms with E-state index >= 15 is 0 Å². The second-order valence-electron chi connectivity index (χ2n) is 17.8. The number of aliphatic imine (C=N–C) groups is 2. The Kier molecular flexibility index (Phi) is 10.6. The summed E-state index contributed by atoms with van der Waals surface area (Å²) >= 11 is 10.4. The molecular weight excluding hydrogens is 861 g/mol. The van der Waals surface area contributed by atoms with Crippen molar-refractivity contribution in [3.63, 3.8) is 0 Å². The van der Waals surface area contributed by atoms with E-state index < -0.39 is 5.41 Å². The summed E-state index contributed by atoms with van der Waals surface area (Å²) in [6.45, 7) is 0. The van der Waals surface area contributed by atoms with Crippen LogP contribution in [-0.2, 0) is 11.8 Å². The first kappa shape index (κ1) is 41.5. The molecule has 0 radical (unpaired) electrons. The maximum absolute atomic E-state index is 5.18. The molecule has 2 atom stereocenters. The maximum Gasteiger partial charge on any atom is 0.0743 e. The molecule has 0 saturated carbocycles. The molecule has 0 amide bonds. The van der Waals surface area contributed by atoms with Crippen LogP contribution < -0.4 is 0 Å². The van der Waals surface area contributed by atoms with Crippen molar-refractivity contribution < 1.29 is 0 Å². The molecule has 2 aliphatic rings. The predicted octanol–water partition coefficient (Wildman–Crippen LogP) is 17.4. The average Bonchev–Trinajstić information content (AvgIpc) is 3.86. The number of isothiocyanates is 2. The van der Waals surface area contributed by atoms with Gasteiger partial charge in [0.25, 0.3) is 0 Å². The fraction of sp³-hybridized carbons (Fsp3) is 0.0625. The minimum Gasteiger partial charge on any atom is -0.195 e. The Morgan fingerprint density at radius 3 is 1.65 bits per heavy atom. The average molecular weight is 903 g/mol. The molecule has 2 aliphatic carbocycles. The lowest BCUT2D eigenvalue weighted by Gasteiger charge is -2.33. The van der Waals surface area contributed by atoms with Crippen molar-refractivity contribution in [1.82, 2.24) is 0 Å². The number of thiocarbonyl (C=S) groups is 2. The minimum absolute atomic E-state index is 0.101. The van der Waals surface area contributed by atoms with Crippen LogP contribution in [0.5, 0.6) is 0 Å². The smallest absolute Gasteiger partial charge is 0.0743 e. The number of hydrogen-bond acceptors (Lipinski definition) is 4. The largest absolute Gasteiger partial charge is 0.195 e. The van der Waals surface area contributed by atoms with Crippen LogP contribution in [-0.4, -0.2) is 10.3 Å². The van der Waals surface area contributed by atoms with Crippen LogP contribution in [0.3, 0.4) is 0 Å². The van der Waals surface area contributed by atoms with Crippen molar-refractivity contribution >= 4 is 56.9 Å². The molecule has 0 heterocycles. The van der Waals surface area contributed by atoms with Crippen molar-refractivity contribution in [1.29, 1.82) is 0 Å². The molecule has 2 nitrogen and oxygen atoms in total. The molecule has 320 valence electrons. The Bertz CT molecular complexity index is 3660. The zero-order valence-corrected chi connectivity index (χ0v) is 38.7. The third-order valence-electron chi connectivity index (χ3n) is 14.3. The maximum atomic E-state index is 5.18. The molecule has 0 saturated heterocycles. The van der Waals surface area contributed by atoms with E-state index in [0.717, 1.165) is 35.3 Å². The molecule has 2 unspecified atom stereocenters. The van der Waals surface area contributed by atoms with Gasteiger partial charge in [0, 0.05) is 5.92 Å². The van der Waals surface area contributed by atoms with Crippen LogP contribution in [0.2, 0.25) is 0 Å². The van der Waals surface area contributed by atoms with Gasteiger partial charge in [0.1, 0.15) is 0 Å². The van der Waals surface area contributed by atoms with Gasteiger partial charge in [-0.2, -0.15) is 9.98 Å². The molecule has 10 aromatic carbocycles. The van der Waals surface area contributed by atoms with Crippen molar-refractivity contribution in [3.05, 3.63) is 263 Å². The van der Waals surface area contributed by atoms with Crippen LogP contribution >= 0.6 is 24.4 Å². The van der Waals surface area contributed by atoms with Gasteiger partial charge in [-0.05, 0) is 173 Å². The monoisotopic (exact) mass is 902 g/mol. The lowest BCUT2D eigenvalue weighted by Crippen LogP contribution is -2.26. The highest BCUT2D eigenvalue weighted by atomic mass is 32.1. The van der Waals surface area contributed by atoms with Gasteiger partial charge in [0.2, 0.25) is 0 Å². The van der Waals surface area contributed by atoms with Gasteiger partial charge in [-0.3, -0.25) is 0 Å². The number of rotatable bonds is 10. The highest BCUT2D eigenvalue weighted by Crippen LogP contribution is 2.65. The molecule has 0 aliphatic heterocycles. The van der Waals surface area contributed by atoms with Gasteiger partial charge < -0.3 is 0 Å². The van der Waals surface area contributed by atoms with Gasteiger partial charge in [-0.15, -0.1) is 0 Å². The highest BCUT2D eigenvalue weighted by molar-refractivity contribution is 7.78. The Morgan fingerprint density at radius 2 is 0.941 bits per heavy atom. The number of aryl methyl sites for hydroxylation is 1. The van der Waals surface area contributed by atoms with Crippen LogP contribution in [0.25, 0.3) is 66.4 Å². The highest BCUT2D eigenvalue weighted by Gasteiger charge is 2.53. The third-order valence-corrected chi connectivity index (χ3v) is 14.4. The predicted molar refractivity (Wildman–Crippen MR) is 289 cm³/mol. The second-order valence-corrected chi connectivity index (χ2v) is 18.2. The van der Waals surface area contributed by atoms with Crippen LogP contribution in [0, 0.1) is 0 Å². The van der Waals surface area contributed by atoms with Crippen molar-refractivity contribution in [3.8, 4) is 55.6 Å². The Hall–Kier alpha value is -7.94. The van der Waals surface area contributed by atoms with Gasteiger partial charge in [-0.1, -0.05) is 194 Å². The lowest BCUT2D eigenvalue weighted by molar-refractivity contribution is 0.716. The third kappa shape index (κ3) is 6.94. The summed E-state index contributed by atoms with van der Waals surface area (Å²) in [4.78, 5) is 9.09. The molecule has 0 N–H and O–H groups in total. The second kappa shape index (κ2) is 17.4. The summed E-state index contributed by atoms with van der Waals surface area (Å²) in [6.07, 6.45) is 1.84. The first-order valence-corrected chi connectivity index (χ1v) is 24.0. The van der Waals surface area contributed by atoms with Crippen LogP contribution in [0.4, 0.5) is 11.4 Å². The topological polar surface area (TPSA) is 24.7 Å². The van der Waals surface area contributed by atoms with Crippen molar-refractivity contribution in [2.75, 3.05) is 0 Å². The first-order valence-electron chi connectivity index (χ1n) is 23.1. The van der Waals surface area contributed by atoms with Gasteiger partial charge >= 0.3 is 0 Å². The summed E-state index contributed by atoms with van der Waals surface area (Å²) in [5.41, 5.74) is 21.6. The normalized spacial score (nSPS) is 14.3. The van der Waals surface area contributed by atoms with Gasteiger partial charge in [-0.25, -0.2) is 0 Å². The zero-order valence-electron chi connectivity index (χ0n) is 37.1. The fourth-order valence-corrected chi connectivity index (χ4v) is 11.6. The summed E-state index contributed by atoms with van der Waals surface area (Å²) < 4.78 is 0. The van der Waals surface area contributed by atoms with E-state index in [-0.39, 0.29) is 5.92 Å². The summed E-state index contributed by atoms with van der Waals surface area (Å²) in [7, 11) is 0. The minimum atomic E-state index is -0.708. The standard InChI is InChI=1S/C64H42N2S2/c67-40-65-50-30-33-55-54-21-9-10-24-60(54)64(61(55)38-50)62-39-51(66-41-68)31-34-56(62)57-22-12-23-58(63(57)64)59-37-49(36-48-18-7-8-20-53(48)59)52(46-28-26-45(27-29-46)43-14-3-1-4-15-43)32-25-42-13-11-19-47(35-42)44-16-5-2-6-17-44/h1-24,26-31,33-39,52H,25,32H2. The lowest BCUT2D eigenvalue weighted by atomic mass is 9.68. The van der Waals surface area contributed by atoms with E-state index in [1.54, 1.807) is 0 Å². The fourth-order valence-electron chi connectivity index (χ4n) is 11.4. The molecular formula is C64H42N2S2. The van der Waals surface area contributed by atoms with Gasteiger partial charge in [0.05, 0.1) is 27.1 Å². The Labute approximate surface area is 407 Å². The Balaban J connectivity index is 1.08. The molecule has 12 rings (SSSR count). The molecule has 0 aromatic heterocycles. The van der Waals surface area contributed by atoms with Crippen molar-refractivity contribution in [2.24, 2.45) is 9.98 Å². The van der Waals surface area contributed by atoms with E-state index in [9.17, 15) is 0 Å². The number of nitrogens with zero attached hydrogens (tertiary/aromatic N) is 2. The number of fused-ring (bicyclic) bond motifs is 11. The Morgan fingerprint density at radius 1 is 0.397 bits per heavy atom. The molecule has 0 fully saturated rings. The van der Waals surface area contributed by atoms with E-state index in [0.29, 0.717) is 0 Å². The summed E-state index contributed by atoms with van der Waals surface area (Å²) in [6, 6.07) is 82.2. The summed E-state index contributed by atoms with van der Waals surface area (Å²) in [5, 5.41) is 7.70. The first-order chi connectivity index (χ1) is 33.6. The SMILES string of the molecule is S=C=Nc1ccc2c(c1)C1(c3ccccc3-2)c2cc(N=C=S)ccc2-c2cccc(-c3cc(C(CCc4cccc(-c5ccccc5)c4)c4ccc(-c5ccccc5)cc4)cc4ccccc34)c21.